The standard InChI is InChI=1S/C17H16N2O/c1-12(2)19-17(20)15(11-18)10-14-8-5-7-13-6-3-4-9-16(13)14/h3-10,12H,1-2H3,(H,19,20)/b15-10-. The molecule has 0 bridgehead atoms. The van der Waals surface area contributed by atoms with Crippen molar-refractivity contribution in [2.75, 3.05) is 0 Å². The largest absolute Gasteiger partial charge is 0.349 e. The Hall–Kier alpha value is -2.60. The Morgan fingerprint density at radius 3 is 2.60 bits per heavy atom. The predicted molar refractivity (Wildman–Crippen MR) is 80.8 cm³/mol. The Bertz CT molecular complexity index is 703. The molecular weight excluding hydrogens is 248 g/mol. The molecule has 3 heteroatoms. The topological polar surface area (TPSA) is 52.9 Å². The molecule has 0 aliphatic carbocycles. The molecule has 20 heavy (non-hydrogen) atoms. The fraction of sp³-hybridized carbons (Fsp3) is 0.176. The lowest BCUT2D eigenvalue weighted by atomic mass is 10.0. The van der Waals surface area contributed by atoms with Gasteiger partial charge in [0.15, 0.2) is 0 Å². The zero-order valence-corrected chi connectivity index (χ0v) is 11.6. The number of hydrogen-bond donors (Lipinski definition) is 1. The minimum atomic E-state index is -0.338. The van der Waals surface area contributed by atoms with Gasteiger partial charge in [0, 0.05) is 6.04 Å². The van der Waals surface area contributed by atoms with Crippen LogP contribution in [0.15, 0.2) is 48.0 Å². The number of nitriles is 1. The fourth-order valence-electron chi connectivity index (χ4n) is 2.02. The van der Waals surface area contributed by atoms with Crippen molar-refractivity contribution in [3.05, 3.63) is 53.6 Å². The molecule has 0 spiro atoms. The highest BCUT2D eigenvalue weighted by atomic mass is 16.1. The first kappa shape index (κ1) is 13.8. The highest BCUT2D eigenvalue weighted by Gasteiger charge is 2.10. The molecule has 0 aliphatic heterocycles. The van der Waals surface area contributed by atoms with Crippen LogP contribution in [0.25, 0.3) is 16.8 Å². The first-order chi connectivity index (χ1) is 9.61. The van der Waals surface area contributed by atoms with Gasteiger partial charge in [-0.3, -0.25) is 4.79 Å². The Balaban J connectivity index is 2.45. The minimum Gasteiger partial charge on any atom is -0.349 e. The lowest BCUT2D eigenvalue weighted by molar-refractivity contribution is -0.117. The smallest absolute Gasteiger partial charge is 0.262 e. The molecule has 0 saturated heterocycles. The third-order valence-electron chi connectivity index (χ3n) is 2.91. The van der Waals surface area contributed by atoms with E-state index in [4.69, 9.17) is 5.26 Å². The number of carbonyl (C=O) groups excluding carboxylic acids is 1. The zero-order chi connectivity index (χ0) is 14.5. The minimum absolute atomic E-state index is 0.00627. The van der Waals surface area contributed by atoms with Crippen LogP contribution in [0, 0.1) is 11.3 Å². The molecule has 0 fully saturated rings. The van der Waals surface area contributed by atoms with Crippen LogP contribution in [0.1, 0.15) is 19.4 Å². The van der Waals surface area contributed by atoms with E-state index in [1.54, 1.807) is 6.08 Å². The number of benzene rings is 2. The van der Waals surface area contributed by atoms with Crippen molar-refractivity contribution in [2.24, 2.45) is 0 Å². The highest BCUT2D eigenvalue weighted by molar-refractivity contribution is 6.04. The molecule has 0 heterocycles. The SMILES string of the molecule is CC(C)NC(=O)/C(C#N)=C\c1cccc2ccccc12. The summed E-state index contributed by atoms with van der Waals surface area (Å²) in [4.78, 5) is 11.9. The molecule has 0 unspecified atom stereocenters. The summed E-state index contributed by atoms with van der Waals surface area (Å²) < 4.78 is 0. The van der Waals surface area contributed by atoms with Gasteiger partial charge in [0.1, 0.15) is 11.6 Å². The summed E-state index contributed by atoms with van der Waals surface area (Å²) in [5, 5.41) is 14.0. The maximum absolute atomic E-state index is 11.9. The van der Waals surface area contributed by atoms with Gasteiger partial charge >= 0.3 is 0 Å². The van der Waals surface area contributed by atoms with Crippen LogP contribution in [0.4, 0.5) is 0 Å². The average Bonchev–Trinajstić information content (AvgIpc) is 2.44. The van der Waals surface area contributed by atoms with Gasteiger partial charge < -0.3 is 5.32 Å². The van der Waals surface area contributed by atoms with Crippen molar-refractivity contribution in [3.8, 4) is 6.07 Å². The van der Waals surface area contributed by atoms with Gasteiger partial charge in [0.2, 0.25) is 0 Å². The van der Waals surface area contributed by atoms with Crippen molar-refractivity contribution < 1.29 is 4.79 Å². The monoisotopic (exact) mass is 264 g/mol. The van der Waals surface area contributed by atoms with Gasteiger partial charge in [-0.15, -0.1) is 0 Å². The van der Waals surface area contributed by atoms with E-state index in [-0.39, 0.29) is 17.5 Å². The molecule has 2 aromatic rings. The average molecular weight is 264 g/mol. The van der Waals surface area contributed by atoms with E-state index in [1.807, 2.05) is 62.4 Å². The summed E-state index contributed by atoms with van der Waals surface area (Å²) in [5.41, 5.74) is 0.994. The van der Waals surface area contributed by atoms with Crippen LogP contribution in [-0.4, -0.2) is 11.9 Å². The summed E-state index contributed by atoms with van der Waals surface area (Å²) in [5.74, 6) is -0.338. The summed E-state index contributed by atoms with van der Waals surface area (Å²) >= 11 is 0. The van der Waals surface area contributed by atoms with Crippen molar-refractivity contribution in [3.63, 3.8) is 0 Å². The van der Waals surface area contributed by atoms with Gasteiger partial charge in [-0.2, -0.15) is 5.26 Å². The predicted octanol–water partition coefficient (Wildman–Crippen LogP) is 3.27. The second-order valence-electron chi connectivity index (χ2n) is 4.87. The summed E-state index contributed by atoms with van der Waals surface area (Å²) in [7, 11) is 0. The van der Waals surface area contributed by atoms with E-state index >= 15 is 0 Å². The molecule has 3 nitrogen and oxygen atoms in total. The van der Waals surface area contributed by atoms with Crippen molar-refractivity contribution >= 4 is 22.8 Å². The number of nitrogens with zero attached hydrogens (tertiary/aromatic N) is 1. The maximum Gasteiger partial charge on any atom is 0.262 e. The van der Waals surface area contributed by atoms with Crippen LogP contribution in [0.5, 0.6) is 0 Å². The second kappa shape index (κ2) is 6.03. The summed E-state index contributed by atoms with van der Waals surface area (Å²) in [6, 6.07) is 15.7. The Morgan fingerprint density at radius 2 is 1.90 bits per heavy atom. The van der Waals surface area contributed by atoms with E-state index in [2.05, 4.69) is 5.32 Å². The number of carbonyl (C=O) groups is 1. The lowest BCUT2D eigenvalue weighted by Crippen LogP contribution is -2.30. The van der Waals surface area contributed by atoms with Gasteiger partial charge in [-0.05, 0) is 36.3 Å². The Labute approximate surface area is 118 Å². The van der Waals surface area contributed by atoms with Crippen molar-refractivity contribution in [2.45, 2.75) is 19.9 Å². The molecule has 0 saturated carbocycles. The molecule has 1 amide bonds. The number of hydrogen-bond acceptors (Lipinski definition) is 2. The molecule has 2 aromatic carbocycles. The van der Waals surface area contributed by atoms with E-state index in [0.29, 0.717) is 0 Å². The fourth-order valence-corrected chi connectivity index (χ4v) is 2.02. The Kier molecular flexibility index (Phi) is 4.17. The van der Waals surface area contributed by atoms with Gasteiger partial charge in [-0.25, -0.2) is 0 Å². The highest BCUT2D eigenvalue weighted by Crippen LogP contribution is 2.20. The third kappa shape index (κ3) is 3.04. The number of fused-ring (bicyclic) bond motifs is 1. The summed E-state index contributed by atoms with van der Waals surface area (Å²) in [6.07, 6.45) is 1.64. The van der Waals surface area contributed by atoms with Crippen LogP contribution < -0.4 is 5.32 Å². The zero-order valence-electron chi connectivity index (χ0n) is 11.6. The molecule has 2 rings (SSSR count). The van der Waals surface area contributed by atoms with E-state index in [1.165, 1.54) is 0 Å². The Morgan fingerprint density at radius 1 is 1.20 bits per heavy atom. The van der Waals surface area contributed by atoms with Gasteiger partial charge in [0.25, 0.3) is 5.91 Å². The van der Waals surface area contributed by atoms with Gasteiger partial charge in [-0.1, -0.05) is 42.5 Å². The first-order valence-electron chi connectivity index (χ1n) is 6.52. The molecule has 1 N–H and O–H groups in total. The molecule has 100 valence electrons. The van der Waals surface area contributed by atoms with Crippen LogP contribution in [0.2, 0.25) is 0 Å². The van der Waals surface area contributed by atoms with Crippen LogP contribution in [-0.2, 0) is 4.79 Å². The normalized spacial score (nSPS) is 11.4. The maximum atomic E-state index is 11.9. The first-order valence-corrected chi connectivity index (χ1v) is 6.52. The van der Waals surface area contributed by atoms with Crippen LogP contribution >= 0.6 is 0 Å². The second-order valence-corrected chi connectivity index (χ2v) is 4.87. The quantitative estimate of drug-likeness (QED) is 0.683. The van der Waals surface area contributed by atoms with E-state index in [0.717, 1.165) is 16.3 Å². The molecule has 0 atom stereocenters. The van der Waals surface area contributed by atoms with Crippen LogP contribution in [0.3, 0.4) is 0 Å². The van der Waals surface area contributed by atoms with E-state index in [9.17, 15) is 4.79 Å². The van der Waals surface area contributed by atoms with Gasteiger partial charge in [0.05, 0.1) is 0 Å². The summed E-state index contributed by atoms with van der Waals surface area (Å²) in [6.45, 7) is 3.73. The molecule has 0 radical (unpaired) electrons. The number of amides is 1. The molecule has 0 aromatic heterocycles. The van der Waals surface area contributed by atoms with E-state index < -0.39 is 0 Å². The number of rotatable bonds is 3. The molecular formula is C17H16N2O. The van der Waals surface area contributed by atoms with Crippen molar-refractivity contribution in [1.29, 1.82) is 5.26 Å². The lowest BCUT2D eigenvalue weighted by Gasteiger charge is -2.07. The van der Waals surface area contributed by atoms with Crippen molar-refractivity contribution in [1.82, 2.24) is 5.32 Å². The third-order valence-corrected chi connectivity index (χ3v) is 2.91. The molecule has 0 aliphatic rings. The number of nitrogens with one attached hydrogen (secondary N) is 1.